The molecule has 2 aromatic rings. The fraction of sp³-hybridized carbons (Fsp3) is 0.323. The van der Waals surface area contributed by atoms with E-state index in [1.54, 1.807) is 0 Å². The first-order valence-corrected chi connectivity index (χ1v) is 12.6. The molecule has 2 N–H and O–H groups in total. The van der Waals surface area contributed by atoms with Crippen molar-refractivity contribution in [2.45, 2.75) is 53.9 Å². The van der Waals surface area contributed by atoms with Crippen molar-refractivity contribution in [3.63, 3.8) is 0 Å². The number of aromatic amines is 2. The summed E-state index contributed by atoms with van der Waals surface area (Å²) < 4.78 is 0. The minimum atomic E-state index is 0.901. The zero-order chi connectivity index (χ0) is 25.4. The van der Waals surface area contributed by atoms with Gasteiger partial charge in [0.25, 0.3) is 0 Å². The molecule has 0 spiro atoms. The van der Waals surface area contributed by atoms with Crippen molar-refractivity contribution >= 4 is 17.8 Å². The van der Waals surface area contributed by atoms with Gasteiger partial charge in [-0.05, 0) is 88.8 Å². The molecular weight excluding hydrogens is 428 g/mol. The molecule has 4 nitrogen and oxygen atoms in total. The Morgan fingerprint density at radius 2 is 1.86 bits per heavy atom. The second kappa shape index (κ2) is 12.3. The number of H-pyrrole nitrogens is 2. The Labute approximate surface area is 210 Å². The molecule has 0 unspecified atom stereocenters. The highest BCUT2D eigenvalue weighted by Gasteiger charge is 2.19. The molecule has 3 rings (SSSR count). The van der Waals surface area contributed by atoms with E-state index in [1.807, 2.05) is 26.0 Å². The number of likely N-dealkylation sites (tertiary alicyclic amines) is 1. The van der Waals surface area contributed by atoms with E-state index in [9.17, 15) is 0 Å². The highest BCUT2D eigenvalue weighted by molar-refractivity contribution is 5.74. The summed E-state index contributed by atoms with van der Waals surface area (Å²) in [5.74, 6) is 0. The number of nitrogens with one attached hydrogen (secondary N) is 2. The molecule has 1 aliphatic heterocycles. The number of allylic oxidation sites excluding steroid dienone is 9. The van der Waals surface area contributed by atoms with Gasteiger partial charge >= 0.3 is 0 Å². The third-order valence-corrected chi connectivity index (χ3v) is 6.56. The van der Waals surface area contributed by atoms with Crippen molar-refractivity contribution in [3.8, 4) is 11.4 Å². The molecule has 0 aliphatic carbocycles. The standard InChI is InChI=1S/C31H40N4/c1-8-12-17-30(35-18-14-13-15-19-35)26-21-29(32-24(26)7)31-27(28(11-4)33-34-31)20-23(6)25(10-3)22(5)16-9-2/h8-12,16-17,20-21,32-33H,2,6,13-15,18-19H2,1,3-5,7H3/b12-8-,22-16-,25-10+,27-20+,28-11+,30-17+. The van der Waals surface area contributed by atoms with E-state index in [0.29, 0.717) is 0 Å². The van der Waals surface area contributed by atoms with Crippen LogP contribution in [0, 0.1) is 6.92 Å². The van der Waals surface area contributed by atoms with E-state index >= 15 is 0 Å². The van der Waals surface area contributed by atoms with Gasteiger partial charge in [0.1, 0.15) is 5.69 Å². The molecule has 2 aromatic heterocycles. The van der Waals surface area contributed by atoms with Crippen LogP contribution < -0.4 is 10.6 Å². The number of hydrogen-bond donors (Lipinski definition) is 2. The van der Waals surface area contributed by atoms with Crippen molar-refractivity contribution in [2.75, 3.05) is 13.1 Å². The largest absolute Gasteiger partial charge is 0.371 e. The van der Waals surface area contributed by atoms with Crippen LogP contribution in [-0.2, 0) is 0 Å². The molecule has 0 aromatic carbocycles. The fourth-order valence-corrected chi connectivity index (χ4v) is 4.76. The van der Waals surface area contributed by atoms with Gasteiger partial charge in [-0.25, -0.2) is 0 Å². The highest BCUT2D eigenvalue weighted by atomic mass is 15.1. The summed E-state index contributed by atoms with van der Waals surface area (Å²) in [6, 6.07) is 2.24. The Morgan fingerprint density at radius 3 is 2.49 bits per heavy atom. The molecule has 1 aliphatic rings. The Hall–Kier alpha value is -3.53. The number of aromatic nitrogens is 3. The first-order chi connectivity index (χ1) is 16.9. The van der Waals surface area contributed by atoms with Gasteiger partial charge in [-0.3, -0.25) is 5.10 Å². The molecule has 1 saturated heterocycles. The smallest absolute Gasteiger partial charge is 0.116 e. The third kappa shape index (κ3) is 5.94. The van der Waals surface area contributed by atoms with Crippen LogP contribution in [0.4, 0.5) is 0 Å². The molecule has 184 valence electrons. The number of nitrogens with zero attached hydrogens (tertiary/aromatic N) is 2. The van der Waals surface area contributed by atoms with E-state index in [0.717, 1.165) is 57.5 Å². The molecule has 4 heteroatoms. The van der Waals surface area contributed by atoms with Crippen LogP contribution >= 0.6 is 0 Å². The van der Waals surface area contributed by atoms with Gasteiger partial charge in [0.05, 0.1) is 11.0 Å². The van der Waals surface area contributed by atoms with Gasteiger partial charge in [0, 0.05) is 35.3 Å². The van der Waals surface area contributed by atoms with Crippen LogP contribution in [0.25, 0.3) is 29.2 Å². The topological polar surface area (TPSA) is 47.7 Å². The van der Waals surface area contributed by atoms with Gasteiger partial charge in [0.2, 0.25) is 0 Å². The van der Waals surface area contributed by atoms with E-state index in [2.05, 4.69) is 91.4 Å². The molecule has 35 heavy (non-hydrogen) atoms. The summed E-state index contributed by atoms with van der Waals surface area (Å²) in [4.78, 5) is 6.13. The van der Waals surface area contributed by atoms with Gasteiger partial charge < -0.3 is 9.88 Å². The first kappa shape index (κ1) is 26.1. The maximum absolute atomic E-state index is 4.71. The van der Waals surface area contributed by atoms with Crippen LogP contribution in [0.2, 0.25) is 0 Å². The van der Waals surface area contributed by atoms with Crippen molar-refractivity contribution < 1.29 is 0 Å². The first-order valence-electron chi connectivity index (χ1n) is 12.6. The lowest BCUT2D eigenvalue weighted by Crippen LogP contribution is -2.28. The van der Waals surface area contributed by atoms with Gasteiger partial charge in [-0.15, -0.1) is 0 Å². The summed E-state index contributed by atoms with van der Waals surface area (Å²) in [5.41, 5.74) is 8.74. The summed E-state index contributed by atoms with van der Waals surface area (Å²) in [6.45, 7) is 20.8. The van der Waals surface area contributed by atoms with E-state index in [1.165, 1.54) is 30.5 Å². The van der Waals surface area contributed by atoms with Crippen LogP contribution in [-0.4, -0.2) is 33.2 Å². The van der Waals surface area contributed by atoms with E-state index in [4.69, 9.17) is 5.10 Å². The normalized spacial score (nSPS) is 17.1. The molecule has 0 atom stereocenters. The van der Waals surface area contributed by atoms with E-state index in [-0.39, 0.29) is 0 Å². The lowest BCUT2D eigenvalue weighted by atomic mass is 9.98. The van der Waals surface area contributed by atoms with Gasteiger partial charge in [0.15, 0.2) is 0 Å². The Bertz CT molecular complexity index is 1300. The van der Waals surface area contributed by atoms with Gasteiger partial charge in [-0.1, -0.05) is 49.6 Å². The minimum Gasteiger partial charge on any atom is -0.371 e. The van der Waals surface area contributed by atoms with Crippen molar-refractivity contribution in [1.82, 2.24) is 20.1 Å². The lowest BCUT2D eigenvalue weighted by Gasteiger charge is -2.31. The summed E-state index contributed by atoms with van der Waals surface area (Å²) >= 11 is 0. The lowest BCUT2D eigenvalue weighted by molar-refractivity contribution is 0.326. The predicted octanol–water partition coefficient (Wildman–Crippen LogP) is 6.33. The SMILES string of the molecule is C=C/C=C(C)\C(=C/C)C(=C)/C=c1/c(-c2cc(/C(=C\C=C/C)N3CCCCC3)c(C)[nH]2)n[nH]/c1=C/C. The average Bonchev–Trinajstić information content (AvgIpc) is 3.43. The molecule has 0 bridgehead atoms. The fourth-order valence-electron chi connectivity index (χ4n) is 4.76. The summed E-state index contributed by atoms with van der Waals surface area (Å²) in [6.07, 6.45) is 20.4. The zero-order valence-electron chi connectivity index (χ0n) is 22.0. The molecule has 0 saturated carbocycles. The minimum absolute atomic E-state index is 0.901. The zero-order valence-corrected chi connectivity index (χ0v) is 22.0. The van der Waals surface area contributed by atoms with Crippen LogP contribution in [0.5, 0.6) is 0 Å². The monoisotopic (exact) mass is 468 g/mol. The average molecular weight is 469 g/mol. The maximum atomic E-state index is 4.71. The second-order valence-electron chi connectivity index (χ2n) is 8.99. The predicted molar refractivity (Wildman–Crippen MR) is 152 cm³/mol. The van der Waals surface area contributed by atoms with Crippen LogP contribution in [0.1, 0.15) is 58.2 Å². The number of hydrogen-bond acceptors (Lipinski definition) is 2. The van der Waals surface area contributed by atoms with Crippen molar-refractivity contribution in [1.29, 1.82) is 0 Å². The number of piperidine rings is 1. The van der Waals surface area contributed by atoms with Crippen molar-refractivity contribution in [2.24, 2.45) is 0 Å². The number of aryl methyl sites for hydroxylation is 1. The number of rotatable bonds is 8. The molecule has 0 radical (unpaired) electrons. The van der Waals surface area contributed by atoms with Gasteiger partial charge in [-0.2, -0.15) is 5.10 Å². The quantitative estimate of drug-likeness (QED) is 0.445. The Morgan fingerprint density at radius 1 is 1.11 bits per heavy atom. The molecular formula is C31H40N4. The molecule has 0 amide bonds. The Balaban J connectivity index is 2.11. The Kier molecular flexibility index (Phi) is 9.13. The maximum Gasteiger partial charge on any atom is 0.116 e. The van der Waals surface area contributed by atoms with Crippen LogP contribution in [0.3, 0.4) is 0 Å². The summed E-state index contributed by atoms with van der Waals surface area (Å²) in [7, 11) is 0. The third-order valence-electron chi connectivity index (χ3n) is 6.56. The van der Waals surface area contributed by atoms with E-state index < -0.39 is 0 Å². The molecule has 1 fully saturated rings. The van der Waals surface area contributed by atoms with Crippen LogP contribution in [0.15, 0.2) is 72.4 Å². The highest BCUT2D eigenvalue weighted by Crippen LogP contribution is 2.29. The second-order valence-corrected chi connectivity index (χ2v) is 8.99. The van der Waals surface area contributed by atoms with Crippen molar-refractivity contribution in [3.05, 3.63) is 94.2 Å². The summed E-state index contributed by atoms with van der Waals surface area (Å²) in [5, 5.41) is 9.94. The molecule has 3 heterocycles.